The van der Waals surface area contributed by atoms with Gasteiger partial charge in [-0.25, -0.2) is 0 Å². The maximum Gasteiger partial charge on any atom is 0.237 e. The SMILES string of the molecule is COc1cccc(CN2CCNC(=O)[C@@H]2CC(=O)NC(C)C)c1OC. The molecule has 7 nitrogen and oxygen atoms in total. The summed E-state index contributed by atoms with van der Waals surface area (Å²) in [6, 6.07) is 5.22. The number of benzene rings is 1. The Bertz CT molecular complexity index is 618. The first-order chi connectivity index (χ1) is 12.0. The van der Waals surface area contributed by atoms with Crippen LogP contribution < -0.4 is 20.1 Å². The van der Waals surface area contributed by atoms with E-state index in [9.17, 15) is 9.59 Å². The topological polar surface area (TPSA) is 79.9 Å². The zero-order valence-electron chi connectivity index (χ0n) is 15.3. The van der Waals surface area contributed by atoms with E-state index >= 15 is 0 Å². The number of rotatable bonds is 7. The summed E-state index contributed by atoms with van der Waals surface area (Å²) in [5.74, 6) is 1.06. The van der Waals surface area contributed by atoms with Gasteiger partial charge in [0, 0.05) is 31.2 Å². The molecule has 1 aromatic carbocycles. The molecule has 0 aliphatic carbocycles. The van der Waals surface area contributed by atoms with Crippen molar-refractivity contribution in [3.8, 4) is 11.5 Å². The van der Waals surface area contributed by atoms with Crippen LogP contribution >= 0.6 is 0 Å². The lowest BCUT2D eigenvalue weighted by atomic mass is 10.1. The minimum absolute atomic E-state index is 0.0473. The van der Waals surface area contributed by atoms with Crippen LogP contribution in [0.1, 0.15) is 25.8 Å². The van der Waals surface area contributed by atoms with E-state index in [4.69, 9.17) is 9.47 Å². The molecule has 2 rings (SSSR count). The molecule has 7 heteroatoms. The van der Waals surface area contributed by atoms with Crippen molar-refractivity contribution >= 4 is 11.8 Å². The molecule has 138 valence electrons. The zero-order chi connectivity index (χ0) is 18.4. The Morgan fingerprint density at radius 3 is 2.76 bits per heavy atom. The van der Waals surface area contributed by atoms with Crippen LogP contribution in [0.5, 0.6) is 11.5 Å². The fraction of sp³-hybridized carbons (Fsp3) is 0.556. The molecule has 1 heterocycles. The standard InChI is InChI=1S/C18H27N3O4/c1-12(2)20-16(22)10-14-18(23)19-8-9-21(14)11-13-6-5-7-15(24-3)17(13)25-4/h5-7,12,14H,8-11H2,1-4H3,(H,19,23)(H,20,22)/t14-/m0/s1. The summed E-state index contributed by atoms with van der Waals surface area (Å²) in [5, 5.41) is 5.69. The van der Waals surface area contributed by atoms with Crippen LogP contribution in [-0.2, 0) is 16.1 Å². The monoisotopic (exact) mass is 349 g/mol. The molecule has 1 atom stereocenters. The second kappa shape index (κ2) is 8.71. The second-order valence-electron chi connectivity index (χ2n) is 6.36. The van der Waals surface area contributed by atoms with Crippen molar-refractivity contribution in [3.05, 3.63) is 23.8 Å². The number of para-hydroxylation sites is 1. The average Bonchev–Trinajstić information content (AvgIpc) is 2.57. The smallest absolute Gasteiger partial charge is 0.237 e. The number of hydrogen-bond donors (Lipinski definition) is 2. The first-order valence-electron chi connectivity index (χ1n) is 8.47. The highest BCUT2D eigenvalue weighted by atomic mass is 16.5. The molecule has 0 unspecified atom stereocenters. The highest BCUT2D eigenvalue weighted by molar-refractivity contribution is 5.88. The third kappa shape index (κ3) is 4.85. The summed E-state index contributed by atoms with van der Waals surface area (Å²) < 4.78 is 10.8. The summed E-state index contributed by atoms with van der Waals surface area (Å²) in [6.07, 6.45) is 0.135. The summed E-state index contributed by atoms with van der Waals surface area (Å²) >= 11 is 0. The Labute approximate surface area is 148 Å². The molecular formula is C18H27N3O4. The van der Waals surface area contributed by atoms with E-state index in [1.165, 1.54) is 0 Å². The lowest BCUT2D eigenvalue weighted by molar-refractivity contribution is -0.134. The number of nitrogens with zero attached hydrogens (tertiary/aromatic N) is 1. The van der Waals surface area contributed by atoms with E-state index in [1.54, 1.807) is 14.2 Å². The van der Waals surface area contributed by atoms with E-state index in [1.807, 2.05) is 36.9 Å². The third-order valence-electron chi connectivity index (χ3n) is 4.13. The van der Waals surface area contributed by atoms with Gasteiger partial charge in [-0.1, -0.05) is 12.1 Å². The van der Waals surface area contributed by atoms with Crippen molar-refractivity contribution < 1.29 is 19.1 Å². The Morgan fingerprint density at radius 2 is 2.12 bits per heavy atom. The van der Waals surface area contributed by atoms with Gasteiger partial charge in [-0.15, -0.1) is 0 Å². The largest absolute Gasteiger partial charge is 0.493 e. The number of carbonyl (C=O) groups is 2. The maximum atomic E-state index is 12.3. The maximum absolute atomic E-state index is 12.3. The van der Waals surface area contributed by atoms with Crippen molar-refractivity contribution in [3.63, 3.8) is 0 Å². The Morgan fingerprint density at radius 1 is 1.36 bits per heavy atom. The number of hydrogen-bond acceptors (Lipinski definition) is 5. The highest BCUT2D eigenvalue weighted by Crippen LogP contribution is 2.32. The molecule has 0 radical (unpaired) electrons. The number of ether oxygens (including phenoxy) is 2. The molecule has 0 bridgehead atoms. The molecule has 25 heavy (non-hydrogen) atoms. The summed E-state index contributed by atoms with van der Waals surface area (Å²) in [6.45, 7) is 5.54. The van der Waals surface area contributed by atoms with E-state index in [0.29, 0.717) is 31.1 Å². The number of piperazine rings is 1. The Hall–Kier alpha value is -2.28. The second-order valence-corrected chi connectivity index (χ2v) is 6.36. The molecule has 1 aliphatic rings. The Kier molecular flexibility index (Phi) is 6.64. The lowest BCUT2D eigenvalue weighted by Gasteiger charge is -2.35. The summed E-state index contributed by atoms with van der Waals surface area (Å²) in [7, 11) is 3.19. The minimum Gasteiger partial charge on any atom is -0.493 e. The van der Waals surface area contributed by atoms with Crippen LogP contribution in [0.15, 0.2) is 18.2 Å². The molecule has 1 fully saturated rings. The van der Waals surface area contributed by atoms with Crippen LogP contribution in [0, 0.1) is 0 Å². The normalized spacial score (nSPS) is 18.0. The molecule has 2 N–H and O–H groups in total. The molecule has 1 aromatic rings. The van der Waals surface area contributed by atoms with Gasteiger partial charge in [-0.2, -0.15) is 0 Å². The fourth-order valence-electron chi connectivity index (χ4n) is 3.03. The number of nitrogens with one attached hydrogen (secondary N) is 2. The van der Waals surface area contributed by atoms with Crippen molar-refractivity contribution in [2.45, 2.75) is 38.9 Å². The fourth-order valence-corrected chi connectivity index (χ4v) is 3.03. The first kappa shape index (κ1) is 19.1. The van der Waals surface area contributed by atoms with Gasteiger partial charge in [-0.05, 0) is 19.9 Å². The average molecular weight is 349 g/mol. The van der Waals surface area contributed by atoms with E-state index in [2.05, 4.69) is 10.6 Å². The van der Waals surface area contributed by atoms with Gasteiger partial charge in [0.05, 0.1) is 26.7 Å². The first-order valence-corrected chi connectivity index (χ1v) is 8.47. The van der Waals surface area contributed by atoms with Crippen molar-refractivity contribution in [2.75, 3.05) is 27.3 Å². The highest BCUT2D eigenvalue weighted by Gasteiger charge is 2.32. The van der Waals surface area contributed by atoms with Gasteiger partial charge in [0.1, 0.15) is 0 Å². The number of amides is 2. The predicted octanol–water partition coefficient (Wildman–Crippen LogP) is 0.919. The van der Waals surface area contributed by atoms with Gasteiger partial charge in [-0.3, -0.25) is 14.5 Å². The van der Waals surface area contributed by atoms with Gasteiger partial charge in [0.2, 0.25) is 11.8 Å². The summed E-state index contributed by atoms with van der Waals surface area (Å²) in [5.41, 5.74) is 0.922. The van der Waals surface area contributed by atoms with E-state index in [0.717, 1.165) is 5.56 Å². The Balaban J connectivity index is 2.18. The molecule has 1 saturated heterocycles. The van der Waals surface area contributed by atoms with Crippen LogP contribution in [0.3, 0.4) is 0 Å². The quantitative estimate of drug-likeness (QED) is 0.765. The van der Waals surface area contributed by atoms with Crippen LogP contribution in [0.2, 0.25) is 0 Å². The molecule has 1 aliphatic heterocycles. The van der Waals surface area contributed by atoms with E-state index < -0.39 is 6.04 Å². The van der Waals surface area contributed by atoms with Crippen molar-refractivity contribution in [1.82, 2.24) is 15.5 Å². The van der Waals surface area contributed by atoms with Crippen LogP contribution in [0.4, 0.5) is 0 Å². The van der Waals surface area contributed by atoms with Gasteiger partial charge in [0.25, 0.3) is 0 Å². The van der Waals surface area contributed by atoms with Crippen molar-refractivity contribution in [2.24, 2.45) is 0 Å². The lowest BCUT2D eigenvalue weighted by Crippen LogP contribution is -2.56. The van der Waals surface area contributed by atoms with Crippen molar-refractivity contribution in [1.29, 1.82) is 0 Å². The molecule has 2 amide bonds. The van der Waals surface area contributed by atoms with Crippen LogP contribution in [0.25, 0.3) is 0 Å². The van der Waals surface area contributed by atoms with Gasteiger partial charge >= 0.3 is 0 Å². The van der Waals surface area contributed by atoms with Gasteiger partial charge < -0.3 is 20.1 Å². The minimum atomic E-state index is -0.497. The number of methoxy groups -OCH3 is 2. The summed E-state index contributed by atoms with van der Waals surface area (Å²) in [4.78, 5) is 26.4. The predicted molar refractivity (Wildman–Crippen MR) is 94.6 cm³/mol. The van der Waals surface area contributed by atoms with Gasteiger partial charge in [0.15, 0.2) is 11.5 Å². The third-order valence-corrected chi connectivity index (χ3v) is 4.13. The molecule has 0 aromatic heterocycles. The molecule has 0 saturated carbocycles. The zero-order valence-corrected chi connectivity index (χ0v) is 15.3. The number of carbonyl (C=O) groups excluding carboxylic acids is 2. The van der Waals surface area contributed by atoms with E-state index in [-0.39, 0.29) is 24.3 Å². The molecule has 0 spiro atoms. The molecular weight excluding hydrogens is 322 g/mol. The van der Waals surface area contributed by atoms with Crippen LogP contribution in [-0.4, -0.2) is 56.1 Å².